The minimum Gasteiger partial charge on any atom is -0.392 e. The number of sulfonamides is 1. The molecule has 1 aliphatic rings. The van der Waals surface area contributed by atoms with Crippen molar-refractivity contribution >= 4 is 10.0 Å². The number of rotatable bonds is 6. The molecular formula is C12H17NO3S. The zero-order chi connectivity index (χ0) is 12.3. The quantitative estimate of drug-likeness (QED) is 0.797. The van der Waals surface area contributed by atoms with Gasteiger partial charge in [0.2, 0.25) is 10.0 Å². The Morgan fingerprint density at radius 3 is 2.65 bits per heavy atom. The summed E-state index contributed by atoms with van der Waals surface area (Å²) in [5.74, 6) is 0.515. The lowest BCUT2D eigenvalue weighted by atomic mass is 10.1. The molecule has 17 heavy (non-hydrogen) atoms. The van der Waals surface area contributed by atoms with Gasteiger partial charge in [-0.15, -0.1) is 0 Å². The van der Waals surface area contributed by atoms with Gasteiger partial charge < -0.3 is 5.11 Å². The summed E-state index contributed by atoms with van der Waals surface area (Å²) in [7, 11) is -3.25. The fourth-order valence-corrected chi connectivity index (χ4v) is 2.87. The SMILES string of the molecule is O=S(=O)(Cc1cccc(CO)c1)NCC1CC1. The first kappa shape index (κ1) is 12.5. The zero-order valence-electron chi connectivity index (χ0n) is 9.59. The van der Waals surface area contributed by atoms with Crippen molar-refractivity contribution in [1.29, 1.82) is 0 Å². The lowest BCUT2D eigenvalue weighted by molar-refractivity contribution is 0.282. The van der Waals surface area contributed by atoms with Crippen LogP contribution in [0.3, 0.4) is 0 Å². The zero-order valence-corrected chi connectivity index (χ0v) is 10.4. The molecular weight excluding hydrogens is 238 g/mol. The molecule has 0 amide bonds. The van der Waals surface area contributed by atoms with Gasteiger partial charge in [0.25, 0.3) is 0 Å². The van der Waals surface area contributed by atoms with Crippen molar-refractivity contribution in [2.75, 3.05) is 6.54 Å². The number of hydrogen-bond acceptors (Lipinski definition) is 3. The fraction of sp³-hybridized carbons (Fsp3) is 0.500. The van der Waals surface area contributed by atoms with Gasteiger partial charge in [-0.1, -0.05) is 24.3 Å². The summed E-state index contributed by atoms with van der Waals surface area (Å²) < 4.78 is 26.1. The predicted molar refractivity (Wildman–Crippen MR) is 65.7 cm³/mol. The van der Waals surface area contributed by atoms with Crippen LogP contribution in [0.5, 0.6) is 0 Å². The highest BCUT2D eigenvalue weighted by atomic mass is 32.2. The summed E-state index contributed by atoms with van der Waals surface area (Å²) in [4.78, 5) is 0. The number of aliphatic hydroxyl groups excluding tert-OH is 1. The molecule has 0 atom stereocenters. The van der Waals surface area contributed by atoms with Crippen molar-refractivity contribution < 1.29 is 13.5 Å². The molecule has 4 nitrogen and oxygen atoms in total. The highest BCUT2D eigenvalue weighted by Gasteiger charge is 2.23. The van der Waals surface area contributed by atoms with E-state index in [-0.39, 0.29) is 12.4 Å². The van der Waals surface area contributed by atoms with Crippen LogP contribution in [0, 0.1) is 5.92 Å². The number of aliphatic hydroxyl groups is 1. The molecule has 94 valence electrons. The van der Waals surface area contributed by atoms with Crippen molar-refractivity contribution in [3.05, 3.63) is 35.4 Å². The van der Waals surface area contributed by atoms with Gasteiger partial charge in [-0.25, -0.2) is 13.1 Å². The third kappa shape index (κ3) is 4.11. The summed E-state index contributed by atoms with van der Waals surface area (Å²) in [6.07, 6.45) is 2.25. The van der Waals surface area contributed by atoms with E-state index in [1.807, 2.05) is 0 Å². The first-order valence-corrected chi connectivity index (χ1v) is 7.40. The van der Waals surface area contributed by atoms with Crippen LogP contribution >= 0.6 is 0 Å². The van der Waals surface area contributed by atoms with Gasteiger partial charge >= 0.3 is 0 Å². The topological polar surface area (TPSA) is 66.4 Å². The standard InChI is InChI=1S/C12H17NO3S/c14-8-11-2-1-3-12(6-11)9-17(15,16)13-7-10-4-5-10/h1-3,6,10,13-14H,4-5,7-9H2. The lowest BCUT2D eigenvalue weighted by Gasteiger charge is -2.07. The van der Waals surface area contributed by atoms with Gasteiger partial charge in [-0.3, -0.25) is 0 Å². The molecule has 0 bridgehead atoms. The Bertz CT molecular complexity index is 480. The number of nitrogens with one attached hydrogen (secondary N) is 1. The van der Waals surface area contributed by atoms with E-state index in [0.29, 0.717) is 18.0 Å². The Hall–Kier alpha value is -0.910. The van der Waals surface area contributed by atoms with Crippen molar-refractivity contribution in [3.63, 3.8) is 0 Å². The summed E-state index contributed by atoms with van der Waals surface area (Å²) >= 11 is 0. The van der Waals surface area contributed by atoms with E-state index in [4.69, 9.17) is 5.11 Å². The Morgan fingerprint density at radius 1 is 1.29 bits per heavy atom. The summed E-state index contributed by atoms with van der Waals surface area (Å²) in [6, 6.07) is 7.01. The average molecular weight is 255 g/mol. The van der Waals surface area contributed by atoms with Crippen LogP contribution < -0.4 is 4.72 Å². The van der Waals surface area contributed by atoms with Crippen LogP contribution in [-0.4, -0.2) is 20.1 Å². The predicted octanol–water partition coefficient (Wildman–Crippen LogP) is 1.01. The second-order valence-corrected chi connectivity index (χ2v) is 6.34. The normalized spacial score (nSPS) is 16.1. The number of benzene rings is 1. The van der Waals surface area contributed by atoms with Crippen LogP contribution in [0.1, 0.15) is 24.0 Å². The monoisotopic (exact) mass is 255 g/mol. The molecule has 1 fully saturated rings. The summed E-state index contributed by atoms with van der Waals surface area (Å²) in [6.45, 7) is 0.491. The number of hydrogen-bond donors (Lipinski definition) is 2. The first-order chi connectivity index (χ1) is 8.09. The Labute approximate surface area is 102 Å². The van der Waals surface area contributed by atoms with E-state index in [9.17, 15) is 8.42 Å². The van der Waals surface area contributed by atoms with E-state index >= 15 is 0 Å². The maximum Gasteiger partial charge on any atom is 0.215 e. The lowest BCUT2D eigenvalue weighted by Crippen LogP contribution is -2.27. The van der Waals surface area contributed by atoms with E-state index in [0.717, 1.165) is 18.4 Å². The van der Waals surface area contributed by atoms with Gasteiger partial charge in [0.1, 0.15) is 0 Å². The minimum atomic E-state index is -3.25. The molecule has 1 aromatic rings. The second kappa shape index (κ2) is 5.16. The van der Waals surface area contributed by atoms with E-state index in [1.165, 1.54) is 0 Å². The summed E-state index contributed by atoms with van der Waals surface area (Å²) in [5.41, 5.74) is 1.44. The van der Waals surface area contributed by atoms with Crippen molar-refractivity contribution in [2.45, 2.75) is 25.2 Å². The first-order valence-electron chi connectivity index (χ1n) is 5.75. The van der Waals surface area contributed by atoms with Gasteiger partial charge in [0, 0.05) is 6.54 Å². The van der Waals surface area contributed by atoms with Crippen LogP contribution in [0.2, 0.25) is 0 Å². The molecule has 0 saturated heterocycles. The third-order valence-corrected chi connectivity index (χ3v) is 4.14. The molecule has 2 rings (SSSR count). The van der Waals surface area contributed by atoms with E-state index < -0.39 is 10.0 Å². The fourth-order valence-electron chi connectivity index (χ4n) is 1.66. The maximum absolute atomic E-state index is 11.8. The maximum atomic E-state index is 11.8. The molecule has 0 heterocycles. The molecule has 1 saturated carbocycles. The molecule has 0 aromatic heterocycles. The second-order valence-electron chi connectivity index (χ2n) is 4.53. The molecule has 0 unspecified atom stereocenters. The Balaban J connectivity index is 1.97. The van der Waals surface area contributed by atoms with Crippen molar-refractivity contribution in [3.8, 4) is 0 Å². The van der Waals surface area contributed by atoms with E-state index in [2.05, 4.69) is 4.72 Å². The average Bonchev–Trinajstić information content (AvgIpc) is 3.10. The van der Waals surface area contributed by atoms with Crippen LogP contribution in [-0.2, 0) is 22.4 Å². The van der Waals surface area contributed by atoms with Crippen molar-refractivity contribution in [2.24, 2.45) is 5.92 Å². The molecule has 2 N–H and O–H groups in total. The van der Waals surface area contributed by atoms with Crippen LogP contribution in [0.15, 0.2) is 24.3 Å². The molecule has 0 spiro atoms. The van der Waals surface area contributed by atoms with Gasteiger partial charge in [-0.05, 0) is 29.9 Å². The Kier molecular flexibility index (Phi) is 3.81. The van der Waals surface area contributed by atoms with Gasteiger partial charge in [-0.2, -0.15) is 0 Å². The molecule has 1 aliphatic carbocycles. The minimum absolute atomic E-state index is 0.0203. The highest BCUT2D eigenvalue weighted by Crippen LogP contribution is 2.27. The van der Waals surface area contributed by atoms with Gasteiger partial charge in [0.05, 0.1) is 12.4 Å². The van der Waals surface area contributed by atoms with E-state index in [1.54, 1.807) is 24.3 Å². The van der Waals surface area contributed by atoms with Crippen LogP contribution in [0.25, 0.3) is 0 Å². The van der Waals surface area contributed by atoms with Gasteiger partial charge in [0.15, 0.2) is 0 Å². The molecule has 0 aliphatic heterocycles. The largest absolute Gasteiger partial charge is 0.392 e. The summed E-state index contributed by atoms with van der Waals surface area (Å²) in [5, 5.41) is 8.98. The Morgan fingerprint density at radius 2 is 2.00 bits per heavy atom. The smallest absolute Gasteiger partial charge is 0.215 e. The van der Waals surface area contributed by atoms with Crippen molar-refractivity contribution in [1.82, 2.24) is 4.72 Å². The molecule has 0 radical (unpaired) electrons. The highest BCUT2D eigenvalue weighted by molar-refractivity contribution is 7.88. The molecule has 1 aromatic carbocycles. The third-order valence-electron chi connectivity index (χ3n) is 2.82. The van der Waals surface area contributed by atoms with Crippen LogP contribution in [0.4, 0.5) is 0 Å². The molecule has 5 heteroatoms.